The van der Waals surface area contributed by atoms with Crippen molar-refractivity contribution >= 4 is 50.1 Å². The SMILES string of the molecule is O=C(CCCOc1ccc(Br)cc1)Nc1nnc(SCc2ccccc2F)s1. The van der Waals surface area contributed by atoms with Crippen LogP contribution < -0.4 is 10.1 Å². The lowest BCUT2D eigenvalue weighted by molar-refractivity contribution is -0.116. The first-order chi connectivity index (χ1) is 13.6. The number of nitrogens with one attached hydrogen (secondary N) is 1. The average molecular weight is 482 g/mol. The number of nitrogens with zero attached hydrogens (tertiary/aromatic N) is 2. The minimum atomic E-state index is -0.238. The van der Waals surface area contributed by atoms with Gasteiger partial charge in [-0.25, -0.2) is 4.39 Å². The molecule has 9 heteroatoms. The van der Waals surface area contributed by atoms with E-state index in [0.717, 1.165) is 10.2 Å². The molecule has 1 N–H and O–H groups in total. The highest BCUT2D eigenvalue weighted by atomic mass is 79.9. The predicted molar refractivity (Wildman–Crippen MR) is 113 cm³/mol. The van der Waals surface area contributed by atoms with Crippen LogP contribution in [0.15, 0.2) is 57.3 Å². The molecule has 2 aromatic carbocycles. The van der Waals surface area contributed by atoms with E-state index in [1.807, 2.05) is 24.3 Å². The first-order valence-electron chi connectivity index (χ1n) is 8.48. The van der Waals surface area contributed by atoms with Crippen molar-refractivity contribution in [2.45, 2.75) is 22.9 Å². The van der Waals surface area contributed by atoms with Crippen molar-refractivity contribution < 1.29 is 13.9 Å². The van der Waals surface area contributed by atoms with E-state index < -0.39 is 0 Å². The van der Waals surface area contributed by atoms with E-state index in [1.54, 1.807) is 18.2 Å². The molecule has 3 aromatic rings. The zero-order valence-electron chi connectivity index (χ0n) is 14.7. The summed E-state index contributed by atoms with van der Waals surface area (Å²) >= 11 is 6.03. The highest BCUT2D eigenvalue weighted by Gasteiger charge is 2.10. The molecule has 3 rings (SSSR count). The van der Waals surface area contributed by atoms with Crippen molar-refractivity contribution in [1.82, 2.24) is 10.2 Å². The fraction of sp³-hybridized carbons (Fsp3) is 0.211. The van der Waals surface area contributed by atoms with Crippen LogP contribution in [0.2, 0.25) is 0 Å². The summed E-state index contributed by atoms with van der Waals surface area (Å²) in [5.74, 6) is 0.853. The summed E-state index contributed by atoms with van der Waals surface area (Å²) in [5, 5.41) is 11.2. The molecule has 0 atom stereocenters. The number of halogens is 2. The van der Waals surface area contributed by atoms with Gasteiger partial charge in [0.15, 0.2) is 4.34 Å². The average Bonchev–Trinajstić information content (AvgIpc) is 3.13. The third-order valence-corrected chi connectivity index (χ3v) is 6.14. The van der Waals surface area contributed by atoms with Crippen molar-refractivity contribution in [2.24, 2.45) is 0 Å². The lowest BCUT2D eigenvalue weighted by atomic mass is 10.2. The van der Waals surface area contributed by atoms with Gasteiger partial charge in [0.1, 0.15) is 11.6 Å². The number of thioether (sulfide) groups is 1. The molecule has 0 saturated heterocycles. The number of amides is 1. The summed E-state index contributed by atoms with van der Waals surface area (Å²) in [7, 11) is 0. The molecule has 0 spiro atoms. The highest BCUT2D eigenvalue weighted by molar-refractivity contribution is 9.10. The predicted octanol–water partition coefficient (Wildman–Crippen LogP) is 5.53. The largest absolute Gasteiger partial charge is 0.494 e. The van der Waals surface area contributed by atoms with E-state index in [-0.39, 0.29) is 11.7 Å². The molecule has 1 heterocycles. The number of ether oxygens (including phenoxy) is 1. The number of anilines is 1. The molecular formula is C19H17BrFN3O2S2. The van der Waals surface area contributed by atoms with E-state index in [0.29, 0.717) is 40.2 Å². The Morgan fingerprint density at radius 2 is 1.96 bits per heavy atom. The number of carbonyl (C=O) groups excluding carboxylic acids is 1. The van der Waals surface area contributed by atoms with Crippen LogP contribution in [0.3, 0.4) is 0 Å². The molecule has 0 unspecified atom stereocenters. The van der Waals surface area contributed by atoms with Crippen LogP contribution in [0.1, 0.15) is 18.4 Å². The molecule has 5 nitrogen and oxygen atoms in total. The lowest BCUT2D eigenvalue weighted by Gasteiger charge is -2.05. The molecule has 0 aliphatic rings. The Balaban J connectivity index is 1.37. The van der Waals surface area contributed by atoms with Crippen LogP contribution >= 0.6 is 39.0 Å². The standard InChI is InChI=1S/C19H17BrFN3O2S2/c20-14-7-9-15(10-8-14)26-11-3-6-17(25)22-18-23-24-19(28-18)27-12-13-4-1-2-5-16(13)21/h1-2,4-5,7-10H,3,6,11-12H2,(H,22,23,25). The second kappa shape index (κ2) is 10.5. The maximum Gasteiger partial charge on any atom is 0.226 e. The summed E-state index contributed by atoms with van der Waals surface area (Å²) < 4.78 is 20.9. The number of aromatic nitrogens is 2. The summed E-state index contributed by atoms with van der Waals surface area (Å²) in [4.78, 5) is 12.0. The van der Waals surface area contributed by atoms with E-state index in [2.05, 4.69) is 31.4 Å². The first kappa shape index (κ1) is 20.8. The fourth-order valence-electron chi connectivity index (χ4n) is 2.21. The molecule has 0 bridgehead atoms. The van der Waals surface area contributed by atoms with Crippen molar-refractivity contribution in [1.29, 1.82) is 0 Å². The number of carbonyl (C=O) groups is 1. The van der Waals surface area contributed by atoms with Gasteiger partial charge >= 0.3 is 0 Å². The number of hydrogen-bond donors (Lipinski definition) is 1. The van der Waals surface area contributed by atoms with Crippen molar-refractivity contribution in [3.63, 3.8) is 0 Å². The molecular weight excluding hydrogens is 465 g/mol. The monoisotopic (exact) mass is 481 g/mol. The Kier molecular flexibility index (Phi) is 7.81. The Labute approximate surface area is 178 Å². The minimum absolute atomic E-state index is 0.138. The Morgan fingerprint density at radius 3 is 2.75 bits per heavy atom. The van der Waals surface area contributed by atoms with Crippen LogP contribution in [0.25, 0.3) is 0 Å². The quantitative estimate of drug-likeness (QED) is 0.247. The van der Waals surface area contributed by atoms with Crippen LogP contribution in [0.5, 0.6) is 5.75 Å². The third-order valence-electron chi connectivity index (χ3n) is 3.59. The molecule has 146 valence electrons. The Bertz CT molecular complexity index is 922. The van der Waals surface area contributed by atoms with Crippen molar-refractivity contribution in [2.75, 3.05) is 11.9 Å². The normalized spacial score (nSPS) is 10.6. The summed E-state index contributed by atoms with van der Waals surface area (Å²) in [6, 6.07) is 14.2. The van der Waals surface area contributed by atoms with E-state index in [4.69, 9.17) is 4.74 Å². The smallest absolute Gasteiger partial charge is 0.226 e. The van der Waals surface area contributed by atoms with Crippen LogP contribution in [-0.4, -0.2) is 22.7 Å². The molecule has 0 radical (unpaired) electrons. The van der Waals surface area contributed by atoms with Crippen molar-refractivity contribution in [3.8, 4) is 5.75 Å². The maximum atomic E-state index is 13.6. The van der Waals surface area contributed by atoms with Gasteiger partial charge in [-0.3, -0.25) is 4.79 Å². The summed E-state index contributed by atoms with van der Waals surface area (Å²) in [5.41, 5.74) is 0.610. The number of rotatable bonds is 9. The van der Waals surface area contributed by atoms with Gasteiger partial charge in [-0.2, -0.15) is 0 Å². The molecule has 0 fully saturated rings. The van der Waals surface area contributed by atoms with Gasteiger partial charge in [0.25, 0.3) is 0 Å². The zero-order valence-corrected chi connectivity index (χ0v) is 17.9. The van der Waals surface area contributed by atoms with Gasteiger partial charge in [-0.15, -0.1) is 10.2 Å². The fourth-order valence-corrected chi connectivity index (χ4v) is 4.23. The summed E-state index contributed by atoms with van der Waals surface area (Å²) in [6.07, 6.45) is 0.920. The zero-order chi connectivity index (χ0) is 19.8. The molecule has 0 saturated carbocycles. The topological polar surface area (TPSA) is 64.1 Å². The Morgan fingerprint density at radius 1 is 1.18 bits per heavy atom. The van der Waals surface area contributed by atoms with Gasteiger partial charge in [0.05, 0.1) is 6.61 Å². The molecule has 1 amide bonds. The number of benzene rings is 2. The van der Waals surface area contributed by atoms with Gasteiger partial charge < -0.3 is 10.1 Å². The summed E-state index contributed by atoms with van der Waals surface area (Å²) in [6.45, 7) is 0.453. The van der Waals surface area contributed by atoms with Gasteiger partial charge in [0.2, 0.25) is 11.0 Å². The van der Waals surface area contributed by atoms with Gasteiger partial charge in [-0.05, 0) is 42.3 Å². The lowest BCUT2D eigenvalue weighted by Crippen LogP contribution is -2.12. The van der Waals surface area contributed by atoms with Crippen molar-refractivity contribution in [3.05, 3.63) is 64.4 Å². The maximum absolute atomic E-state index is 13.6. The molecule has 0 aliphatic carbocycles. The molecule has 1 aromatic heterocycles. The van der Waals surface area contributed by atoms with E-state index >= 15 is 0 Å². The van der Waals surface area contributed by atoms with Crippen LogP contribution in [0, 0.1) is 5.82 Å². The first-order valence-corrected chi connectivity index (χ1v) is 11.1. The third kappa shape index (κ3) is 6.57. The molecule has 28 heavy (non-hydrogen) atoms. The second-order valence-electron chi connectivity index (χ2n) is 5.71. The van der Waals surface area contributed by atoms with Crippen LogP contribution in [0.4, 0.5) is 9.52 Å². The highest BCUT2D eigenvalue weighted by Crippen LogP contribution is 2.29. The number of hydrogen-bond acceptors (Lipinski definition) is 6. The van der Waals surface area contributed by atoms with Gasteiger partial charge in [-0.1, -0.05) is 57.2 Å². The molecule has 0 aliphatic heterocycles. The second-order valence-corrected chi connectivity index (χ2v) is 8.82. The van der Waals surface area contributed by atoms with E-state index in [1.165, 1.54) is 29.2 Å². The van der Waals surface area contributed by atoms with Crippen LogP contribution in [-0.2, 0) is 10.5 Å². The minimum Gasteiger partial charge on any atom is -0.494 e. The van der Waals surface area contributed by atoms with E-state index in [9.17, 15) is 9.18 Å². The Hall–Kier alpha value is -1.97. The van der Waals surface area contributed by atoms with Gasteiger partial charge in [0, 0.05) is 16.6 Å².